The highest BCUT2D eigenvalue weighted by Gasteiger charge is 2.53. The van der Waals surface area contributed by atoms with Gasteiger partial charge in [-0.3, -0.25) is 19.2 Å². The van der Waals surface area contributed by atoms with E-state index < -0.39 is 96.6 Å². The van der Waals surface area contributed by atoms with Crippen LogP contribution in [0.1, 0.15) is 139 Å². The minimum atomic E-state index is -2.44. The number of amides is 2. The molecule has 4 rings (SSSR count). The van der Waals surface area contributed by atoms with Gasteiger partial charge in [-0.25, -0.2) is 4.79 Å². The Morgan fingerprint density at radius 1 is 0.872 bits per heavy atom. The molecule has 16 atom stereocenters. The summed E-state index contributed by atoms with van der Waals surface area (Å²) in [5.41, 5.74) is 1.67. The van der Waals surface area contributed by atoms with Crippen LogP contribution >= 0.6 is 0 Å². The summed E-state index contributed by atoms with van der Waals surface area (Å²) in [7, 11) is 4.59. The fourth-order valence-corrected chi connectivity index (χ4v) is 11.2. The number of cyclic esters (lactones) is 1. The summed E-state index contributed by atoms with van der Waals surface area (Å²) in [5.74, 6) is -7.64. The third kappa shape index (κ3) is 19.8. The van der Waals surface area contributed by atoms with Crippen molar-refractivity contribution in [2.75, 3.05) is 54.2 Å². The predicted octanol–water partition coefficient (Wildman–Crippen LogP) is 5.89. The van der Waals surface area contributed by atoms with Crippen LogP contribution in [0.4, 0.5) is 0 Å². The number of Topliss-reactive ketones (excluding diaryl/α,β-unsaturated/α-hetero) is 2. The molecule has 0 aromatic rings. The quantitative estimate of drug-likeness (QED) is 0.0421. The number of ether oxygens (including phenoxy) is 6. The molecular formula is C59H95N3O16. The predicted molar refractivity (Wildman–Crippen MR) is 294 cm³/mol. The van der Waals surface area contributed by atoms with Gasteiger partial charge in [-0.15, -0.1) is 0 Å². The van der Waals surface area contributed by atoms with Gasteiger partial charge in [0.1, 0.15) is 30.1 Å². The number of piperidine rings is 1. The summed E-state index contributed by atoms with van der Waals surface area (Å²) in [4.78, 5) is 74.1. The molecule has 0 aromatic heterocycles. The van der Waals surface area contributed by atoms with Crippen LogP contribution in [0.5, 0.6) is 0 Å². The lowest BCUT2D eigenvalue weighted by molar-refractivity contribution is -0.265. The number of allylic oxidation sites excluding steroid dienone is 5. The number of nitrogens with zero attached hydrogens (tertiary/aromatic N) is 2. The van der Waals surface area contributed by atoms with Gasteiger partial charge in [-0.2, -0.15) is 0 Å². The summed E-state index contributed by atoms with van der Waals surface area (Å²) < 4.78 is 35.5. The second-order valence-electron chi connectivity index (χ2n) is 22.6. The second kappa shape index (κ2) is 32.9. The fourth-order valence-electron chi connectivity index (χ4n) is 11.2. The highest BCUT2D eigenvalue weighted by atomic mass is 16.6. The van der Waals surface area contributed by atoms with Crippen molar-refractivity contribution >= 4 is 35.1 Å². The number of oxime groups is 1. The number of esters is 1. The molecule has 19 heteroatoms. The molecule has 3 heterocycles. The maximum absolute atomic E-state index is 14.6. The van der Waals surface area contributed by atoms with Crippen molar-refractivity contribution in [3.8, 4) is 0 Å². The molecule has 3 aliphatic heterocycles. The number of carbonyl (C=O) groups excluding carboxylic acids is 5. The molecule has 2 bridgehead atoms. The average Bonchev–Trinajstić information content (AvgIpc) is 3.49. The average molecular weight is 1100 g/mol. The topological polar surface area (TPSA) is 259 Å². The summed E-state index contributed by atoms with van der Waals surface area (Å²) in [6, 6.07) is -1.14. The number of rotatable bonds is 15. The molecule has 3 fully saturated rings. The molecule has 4 aliphatic rings. The van der Waals surface area contributed by atoms with E-state index in [0.29, 0.717) is 69.1 Å². The second-order valence-corrected chi connectivity index (χ2v) is 22.6. The van der Waals surface area contributed by atoms with Crippen LogP contribution in [-0.4, -0.2) is 175 Å². The van der Waals surface area contributed by atoms with Gasteiger partial charge in [0.25, 0.3) is 17.6 Å². The zero-order valence-corrected chi connectivity index (χ0v) is 48.4. The monoisotopic (exact) mass is 1100 g/mol. The molecule has 1 saturated carbocycles. The van der Waals surface area contributed by atoms with Crippen LogP contribution in [-0.2, 0) is 57.2 Å². The molecule has 19 nitrogen and oxygen atoms in total. The molecule has 442 valence electrons. The van der Waals surface area contributed by atoms with Gasteiger partial charge in [-0.05, 0) is 114 Å². The summed E-state index contributed by atoms with van der Waals surface area (Å²) >= 11 is 0. The van der Waals surface area contributed by atoms with Crippen LogP contribution < -0.4 is 5.32 Å². The number of methoxy groups -OCH3 is 3. The van der Waals surface area contributed by atoms with E-state index in [1.54, 1.807) is 41.1 Å². The smallest absolute Gasteiger partial charge is 0.329 e. The Morgan fingerprint density at radius 3 is 2.31 bits per heavy atom. The molecule has 78 heavy (non-hydrogen) atoms. The molecule has 0 radical (unpaired) electrons. The number of aliphatic hydroxyl groups excluding tert-OH is 3. The van der Waals surface area contributed by atoms with Gasteiger partial charge in [0.15, 0.2) is 6.61 Å². The van der Waals surface area contributed by atoms with Gasteiger partial charge < -0.3 is 63.9 Å². The lowest BCUT2D eigenvalue weighted by atomic mass is 9.78. The zero-order valence-electron chi connectivity index (χ0n) is 48.4. The van der Waals surface area contributed by atoms with Crippen molar-refractivity contribution in [1.82, 2.24) is 10.2 Å². The minimum Gasteiger partial charge on any atom is -0.460 e. The van der Waals surface area contributed by atoms with Gasteiger partial charge in [-0.1, -0.05) is 76.2 Å². The lowest BCUT2D eigenvalue weighted by Crippen LogP contribution is -2.61. The molecular weight excluding hydrogens is 1010 g/mol. The highest BCUT2D eigenvalue weighted by molar-refractivity contribution is 6.39. The van der Waals surface area contributed by atoms with Crippen molar-refractivity contribution in [2.24, 2.45) is 40.7 Å². The normalized spacial score (nSPS) is 35.9. The number of hydrogen-bond acceptors (Lipinski definition) is 17. The number of nitrogens with one attached hydrogen (secondary N) is 1. The van der Waals surface area contributed by atoms with E-state index in [1.807, 2.05) is 58.1 Å². The zero-order chi connectivity index (χ0) is 57.7. The van der Waals surface area contributed by atoms with Crippen LogP contribution in [0.15, 0.2) is 52.8 Å². The molecule has 2 amide bonds. The highest BCUT2D eigenvalue weighted by Crippen LogP contribution is 2.38. The van der Waals surface area contributed by atoms with Gasteiger partial charge in [0.05, 0.1) is 49.4 Å². The number of fused-ring (bicyclic) bond motifs is 3. The number of hydrogen-bond donors (Lipinski definition) is 5. The Hall–Kier alpha value is -4.18. The first-order chi connectivity index (χ1) is 37.0. The van der Waals surface area contributed by atoms with Crippen LogP contribution in [0, 0.1) is 35.5 Å². The first-order valence-corrected chi connectivity index (χ1v) is 28.4. The van der Waals surface area contributed by atoms with E-state index in [9.17, 15) is 44.4 Å². The van der Waals surface area contributed by atoms with Crippen LogP contribution in [0.2, 0.25) is 0 Å². The third-order valence-electron chi connectivity index (χ3n) is 16.2. The van der Waals surface area contributed by atoms with E-state index in [4.69, 9.17) is 33.3 Å². The molecule has 1 aliphatic carbocycles. The SMILES string of the molecule is CO[C@H]1C[C@@H]2CC[C@@H](C)[C@@](O)(O2)C(=O)C(=O)N2CCCC[C@H]2C(=O)O[C@H]([C@H](C)C[C@@H]2CC[C@@H](O)[C@H](OC)C2)C[C@@H](O)[C@H](C)/C=C(\C)[C@@H](O)[C@@H](OC)/C(=N/OCC(=O)NCCOCCC(C)=O)[C@H](C)C[C@H](C)/C=C/C=CC=C1C. The lowest BCUT2D eigenvalue weighted by Gasteiger charge is -2.43. The number of carbonyl (C=O) groups is 5. The first kappa shape index (κ1) is 66.3. The van der Waals surface area contributed by atoms with E-state index in [1.165, 1.54) is 18.9 Å². The van der Waals surface area contributed by atoms with E-state index in [0.717, 1.165) is 12.0 Å². The Kier molecular flexibility index (Phi) is 28.0. The first-order valence-electron chi connectivity index (χ1n) is 28.4. The van der Waals surface area contributed by atoms with E-state index in [2.05, 4.69) is 10.5 Å². The largest absolute Gasteiger partial charge is 0.460 e. The maximum atomic E-state index is 14.6. The third-order valence-corrected chi connectivity index (χ3v) is 16.2. The van der Waals surface area contributed by atoms with Crippen molar-refractivity contribution in [3.05, 3.63) is 47.6 Å². The molecule has 5 N–H and O–H groups in total. The maximum Gasteiger partial charge on any atom is 0.329 e. The standard InChI is InChI=1S/C59H95N3O16/c1-36-17-13-12-14-18-37(2)49(72-9)33-45-22-20-42(7)59(71,78-45)56(68)57(69)62-26-16-15-19-46(62)58(70)77-50(39(4)31-44-21-23-47(64)51(32-44)73-10)34-48(65)38(3)30-41(6)54(67)55(74-11)53(40(5)29-36)61-76-35-52(66)60-25-28-75-27-24-43(8)63/h12-14,17-18,30,36,38-40,42,44-51,54-55,64-65,67,71H,15-16,19-29,31-35H2,1-11H3,(H,60,66)/b14-12?,17-13+,37-18?,41-30+,61-53+/t36-,38-,39-,40-,42-,44+,45+,46+,47-,48-,49+,50+,51-,54-,55+,59-/m1/s1. The number of aliphatic hydroxyl groups is 4. The molecule has 0 aromatic carbocycles. The Labute approximate surface area is 463 Å². The van der Waals surface area contributed by atoms with Crippen LogP contribution in [0.25, 0.3) is 0 Å². The van der Waals surface area contributed by atoms with E-state index in [-0.39, 0.29) is 81.1 Å². The van der Waals surface area contributed by atoms with Gasteiger partial charge in [0.2, 0.25) is 5.79 Å². The molecule has 0 unspecified atom stereocenters. The summed E-state index contributed by atoms with van der Waals surface area (Å²) in [5, 5.41) is 53.8. The van der Waals surface area contributed by atoms with Crippen molar-refractivity contribution in [2.45, 2.75) is 200 Å². The van der Waals surface area contributed by atoms with Crippen molar-refractivity contribution in [1.29, 1.82) is 0 Å². The van der Waals surface area contributed by atoms with E-state index >= 15 is 0 Å². The Morgan fingerprint density at radius 2 is 1.62 bits per heavy atom. The van der Waals surface area contributed by atoms with Gasteiger partial charge in [0, 0.05) is 71.4 Å². The molecule has 2 saturated heterocycles. The van der Waals surface area contributed by atoms with Crippen molar-refractivity contribution in [3.63, 3.8) is 0 Å². The summed E-state index contributed by atoms with van der Waals surface area (Å²) in [6.07, 6.45) is 10.8. The molecule has 0 spiro atoms. The summed E-state index contributed by atoms with van der Waals surface area (Å²) in [6.45, 7) is 14.8. The van der Waals surface area contributed by atoms with Crippen LogP contribution in [0.3, 0.4) is 0 Å². The minimum absolute atomic E-state index is 0.00840. The van der Waals surface area contributed by atoms with Crippen molar-refractivity contribution < 1.29 is 77.7 Å². The fraction of sp³-hybridized carbons (Fsp3) is 0.763. The Bertz CT molecular complexity index is 2090. The number of ketones is 2. The van der Waals surface area contributed by atoms with Gasteiger partial charge >= 0.3 is 5.97 Å². The Balaban J connectivity index is 1.72.